The Morgan fingerprint density at radius 2 is 1.56 bits per heavy atom. The zero-order valence-corrected chi connectivity index (χ0v) is 17.6. The summed E-state index contributed by atoms with van der Waals surface area (Å²) in [6.45, 7) is 7.54. The molecular weight excluding hydrogens is 370 g/mol. The van der Waals surface area contributed by atoms with E-state index in [2.05, 4.69) is 26.6 Å². The summed E-state index contributed by atoms with van der Waals surface area (Å²) in [4.78, 5) is 47.9. The molecule has 0 heterocycles. The first kappa shape index (κ1) is 25.2. The molecule has 0 aliphatic carbocycles. The molecule has 0 saturated heterocycles. The fourth-order valence-electron chi connectivity index (χ4n) is 2.04. The van der Waals surface area contributed by atoms with Gasteiger partial charge >= 0.3 is 0 Å². The van der Waals surface area contributed by atoms with E-state index in [0.717, 1.165) is 6.42 Å². The Labute approximate surface area is 165 Å². The van der Waals surface area contributed by atoms with E-state index in [0.29, 0.717) is 12.4 Å². The van der Waals surface area contributed by atoms with Crippen LogP contribution in [0.4, 0.5) is 0 Å². The van der Waals surface area contributed by atoms with Gasteiger partial charge in [-0.3, -0.25) is 24.5 Å². The number of hydrogen-bond acceptors (Lipinski definition) is 6. The van der Waals surface area contributed by atoms with Crippen LogP contribution in [0.2, 0.25) is 0 Å². The van der Waals surface area contributed by atoms with Crippen LogP contribution in [0.3, 0.4) is 0 Å². The maximum absolute atomic E-state index is 12.4. The average molecular weight is 404 g/mol. The minimum atomic E-state index is -0.801. The highest BCUT2D eigenvalue weighted by Crippen LogP contribution is 2.02. The summed E-state index contributed by atoms with van der Waals surface area (Å²) in [5.74, 6) is -1.02. The molecule has 156 valence electrons. The minimum absolute atomic E-state index is 0.118. The van der Waals surface area contributed by atoms with E-state index >= 15 is 0 Å². The van der Waals surface area contributed by atoms with Crippen molar-refractivity contribution in [3.63, 3.8) is 0 Å². The van der Waals surface area contributed by atoms with Crippen LogP contribution in [0.15, 0.2) is 0 Å². The number of carbonyl (C=O) groups is 4. The highest BCUT2D eigenvalue weighted by molar-refractivity contribution is 7.98. The lowest BCUT2D eigenvalue weighted by molar-refractivity contribution is -0.133. The second-order valence-corrected chi connectivity index (χ2v) is 7.31. The van der Waals surface area contributed by atoms with Gasteiger partial charge in [0.15, 0.2) is 0 Å². The fourth-order valence-corrected chi connectivity index (χ4v) is 2.34. The van der Waals surface area contributed by atoms with Crippen LogP contribution in [-0.4, -0.2) is 67.5 Å². The van der Waals surface area contributed by atoms with Crippen molar-refractivity contribution in [2.45, 2.75) is 46.2 Å². The van der Waals surface area contributed by atoms with Crippen LogP contribution in [-0.2, 0) is 19.2 Å². The number of hydrogen-bond donors (Lipinski definition) is 5. The summed E-state index contributed by atoms with van der Waals surface area (Å²) in [5.41, 5.74) is 0. The largest absolute Gasteiger partial charge is 0.354 e. The van der Waals surface area contributed by atoms with E-state index in [9.17, 15) is 19.2 Å². The van der Waals surface area contributed by atoms with Gasteiger partial charge in [0.2, 0.25) is 23.6 Å². The molecule has 0 saturated carbocycles. The Kier molecular flexibility index (Phi) is 13.3. The highest BCUT2D eigenvalue weighted by Gasteiger charge is 2.26. The third kappa shape index (κ3) is 11.5. The second kappa shape index (κ2) is 14.3. The summed E-state index contributed by atoms with van der Waals surface area (Å²) in [6.07, 6.45) is 2.71. The second-order valence-electron chi connectivity index (χ2n) is 6.45. The molecule has 0 aromatic carbocycles. The molecule has 2 atom stereocenters. The van der Waals surface area contributed by atoms with Crippen LogP contribution in [0.25, 0.3) is 0 Å². The molecule has 0 aromatic rings. The molecule has 0 radical (unpaired) electrons. The Balaban J connectivity index is 4.49. The fraction of sp³-hybridized carbons (Fsp3) is 0.765. The zero-order chi connectivity index (χ0) is 20.8. The first-order valence-electron chi connectivity index (χ1n) is 9.06. The van der Waals surface area contributed by atoms with Crippen molar-refractivity contribution in [3.8, 4) is 0 Å². The standard InChI is InChI=1S/C17H33N5O4S/c1-6-7-19-16(25)12(4)21-17(26)15(11(2)3)22-14(24)9-20-13(23)8-18-10-27-5/h11-12,15,18H,6-10H2,1-5H3,(H,19,25)(H,20,23)(H,21,26)(H,22,24)/t12-,15-/m0/s1. The van der Waals surface area contributed by atoms with Crippen molar-refractivity contribution in [2.75, 3.05) is 31.8 Å². The lowest BCUT2D eigenvalue weighted by Gasteiger charge is -2.24. The van der Waals surface area contributed by atoms with E-state index in [4.69, 9.17) is 0 Å². The molecule has 0 spiro atoms. The lowest BCUT2D eigenvalue weighted by Crippen LogP contribution is -2.55. The summed E-state index contributed by atoms with van der Waals surface area (Å²) in [6, 6.07) is -1.50. The first-order valence-corrected chi connectivity index (χ1v) is 10.5. The van der Waals surface area contributed by atoms with Crippen molar-refractivity contribution in [3.05, 3.63) is 0 Å². The average Bonchev–Trinajstić information content (AvgIpc) is 2.62. The topological polar surface area (TPSA) is 128 Å². The van der Waals surface area contributed by atoms with Gasteiger partial charge in [0.1, 0.15) is 12.1 Å². The Hall–Kier alpha value is -1.81. The molecule has 9 nitrogen and oxygen atoms in total. The Bertz CT molecular complexity index is 502. The molecule has 0 bridgehead atoms. The molecule has 0 aliphatic heterocycles. The summed E-state index contributed by atoms with van der Waals surface area (Å²) >= 11 is 1.55. The van der Waals surface area contributed by atoms with Gasteiger partial charge in [-0.25, -0.2) is 0 Å². The van der Waals surface area contributed by atoms with Crippen LogP contribution in [0.1, 0.15) is 34.1 Å². The Morgan fingerprint density at radius 1 is 0.889 bits per heavy atom. The molecule has 0 fully saturated rings. The lowest BCUT2D eigenvalue weighted by atomic mass is 10.0. The van der Waals surface area contributed by atoms with Crippen molar-refractivity contribution >= 4 is 35.4 Å². The van der Waals surface area contributed by atoms with Gasteiger partial charge in [-0.05, 0) is 25.5 Å². The third-order valence-corrected chi connectivity index (χ3v) is 4.04. The highest BCUT2D eigenvalue weighted by atomic mass is 32.2. The van der Waals surface area contributed by atoms with Crippen LogP contribution in [0, 0.1) is 5.92 Å². The molecule has 27 heavy (non-hydrogen) atoms. The number of rotatable bonds is 13. The first-order chi connectivity index (χ1) is 12.7. The van der Waals surface area contributed by atoms with Crippen molar-refractivity contribution in [1.82, 2.24) is 26.6 Å². The minimum Gasteiger partial charge on any atom is -0.354 e. The van der Waals surface area contributed by atoms with Gasteiger partial charge in [-0.15, -0.1) is 11.8 Å². The van der Waals surface area contributed by atoms with E-state index in [1.807, 2.05) is 13.2 Å². The molecule has 5 N–H and O–H groups in total. The third-order valence-electron chi connectivity index (χ3n) is 3.54. The number of carbonyl (C=O) groups excluding carboxylic acids is 4. The summed E-state index contributed by atoms with van der Waals surface area (Å²) < 4.78 is 0. The van der Waals surface area contributed by atoms with Crippen molar-refractivity contribution < 1.29 is 19.2 Å². The molecule has 4 amide bonds. The normalized spacial score (nSPS) is 12.8. The molecule has 0 aliphatic rings. The van der Waals surface area contributed by atoms with Crippen LogP contribution >= 0.6 is 11.8 Å². The molecule has 0 rings (SSSR count). The zero-order valence-electron chi connectivity index (χ0n) is 16.8. The van der Waals surface area contributed by atoms with Gasteiger partial charge in [0.05, 0.1) is 13.1 Å². The van der Waals surface area contributed by atoms with Crippen molar-refractivity contribution in [1.29, 1.82) is 0 Å². The molecule has 0 aromatic heterocycles. The van der Waals surface area contributed by atoms with Gasteiger partial charge in [-0.2, -0.15) is 0 Å². The Morgan fingerprint density at radius 3 is 2.11 bits per heavy atom. The molecular formula is C17H33N5O4S. The number of amides is 4. The van der Waals surface area contributed by atoms with Gasteiger partial charge in [0, 0.05) is 12.4 Å². The summed E-state index contributed by atoms with van der Waals surface area (Å²) in [7, 11) is 0. The van der Waals surface area contributed by atoms with E-state index in [1.165, 1.54) is 0 Å². The predicted octanol–water partition coefficient (Wildman–Crippen LogP) is -0.816. The van der Waals surface area contributed by atoms with Crippen LogP contribution in [0.5, 0.6) is 0 Å². The van der Waals surface area contributed by atoms with E-state index in [-0.39, 0.29) is 30.8 Å². The van der Waals surface area contributed by atoms with E-state index in [1.54, 1.807) is 32.5 Å². The van der Waals surface area contributed by atoms with Gasteiger partial charge in [0.25, 0.3) is 0 Å². The van der Waals surface area contributed by atoms with E-state index < -0.39 is 23.9 Å². The molecule has 10 heteroatoms. The summed E-state index contributed by atoms with van der Waals surface area (Å²) in [5, 5.41) is 13.3. The number of nitrogens with one attached hydrogen (secondary N) is 5. The monoisotopic (exact) mass is 403 g/mol. The van der Waals surface area contributed by atoms with Gasteiger partial charge in [-0.1, -0.05) is 20.8 Å². The van der Waals surface area contributed by atoms with Gasteiger partial charge < -0.3 is 21.3 Å². The SMILES string of the molecule is CCCNC(=O)[C@H](C)NC(=O)[C@@H](NC(=O)CNC(=O)CNCSC)C(C)C. The maximum atomic E-state index is 12.4. The van der Waals surface area contributed by atoms with Crippen LogP contribution < -0.4 is 26.6 Å². The smallest absolute Gasteiger partial charge is 0.243 e. The predicted molar refractivity (Wildman–Crippen MR) is 107 cm³/mol. The molecule has 0 unspecified atom stereocenters. The number of thioether (sulfide) groups is 1. The van der Waals surface area contributed by atoms with Crippen molar-refractivity contribution in [2.24, 2.45) is 5.92 Å². The quantitative estimate of drug-likeness (QED) is 0.202. The maximum Gasteiger partial charge on any atom is 0.243 e.